The van der Waals surface area contributed by atoms with Crippen molar-refractivity contribution in [1.29, 1.82) is 0 Å². The molecule has 174 valence electrons. The summed E-state index contributed by atoms with van der Waals surface area (Å²) in [5.74, 6) is 1.47. The lowest BCUT2D eigenvalue weighted by Crippen LogP contribution is -2.15. The summed E-state index contributed by atoms with van der Waals surface area (Å²) in [4.78, 5) is 0. The van der Waals surface area contributed by atoms with Crippen molar-refractivity contribution < 1.29 is 4.39 Å². The van der Waals surface area contributed by atoms with E-state index in [2.05, 4.69) is 55.5 Å². The predicted octanol–water partition coefficient (Wildman–Crippen LogP) is 8.94. The Balaban J connectivity index is 1.15. The molecule has 1 fully saturated rings. The minimum Gasteiger partial charge on any atom is -0.205 e. The summed E-state index contributed by atoms with van der Waals surface area (Å²) in [6.45, 7) is 2.16. The summed E-state index contributed by atoms with van der Waals surface area (Å²) in [6, 6.07) is 23.2. The van der Waals surface area contributed by atoms with Gasteiger partial charge in [-0.25, -0.2) is 4.39 Å². The van der Waals surface area contributed by atoms with Crippen LogP contribution in [0.2, 0.25) is 5.02 Å². The average molecular weight is 463 g/mol. The highest BCUT2D eigenvalue weighted by Crippen LogP contribution is 2.34. The molecule has 3 aromatic rings. The Morgan fingerprint density at radius 1 is 0.636 bits per heavy atom. The first-order chi connectivity index (χ1) is 16.0. The second kappa shape index (κ2) is 11.8. The van der Waals surface area contributed by atoms with Gasteiger partial charge in [-0.2, -0.15) is 0 Å². The minimum atomic E-state index is -0.329. The van der Waals surface area contributed by atoms with Crippen LogP contribution in [0.4, 0.5) is 4.39 Å². The zero-order valence-electron chi connectivity index (χ0n) is 19.8. The molecule has 0 aromatic heterocycles. The third kappa shape index (κ3) is 7.44. The van der Waals surface area contributed by atoms with Gasteiger partial charge in [-0.1, -0.05) is 97.4 Å². The van der Waals surface area contributed by atoms with E-state index in [0.29, 0.717) is 0 Å². The van der Waals surface area contributed by atoms with E-state index in [4.69, 9.17) is 11.6 Å². The third-order valence-corrected chi connectivity index (χ3v) is 7.79. The van der Waals surface area contributed by atoms with E-state index in [1.807, 2.05) is 6.07 Å². The fourth-order valence-corrected chi connectivity index (χ4v) is 5.28. The fraction of sp³-hybridized carbons (Fsp3) is 0.419. The van der Waals surface area contributed by atoms with Crippen LogP contribution >= 0.6 is 11.6 Å². The first-order valence-electron chi connectivity index (χ1n) is 12.6. The molecule has 0 atom stereocenters. The van der Waals surface area contributed by atoms with Gasteiger partial charge in [-0.15, -0.1) is 0 Å². The van der Waals surface area contributed by atoms with E-state index in [-0.39, 0.29) is 10.8 Å². The van der Waals surface area contributed by atoms with Crippen molar-refractivity contribution in [1.82, 2.24) is 0 Å². The highest BCUT2D eigenvalue weighted by molar-refractivity contribution is 6.30. The second-order valence-electron chi connectivity index (χ2n) is 10.0. The normalized spacial score (nSPS) is 18.4. The summed E-state index contributed by atoms with van der Waals surface area (Å²) in [5, 5.41) is 0.193. The van der Waals surface area contributed by atoms with Crippen LogP contribution in [-0.4, -0.2) is 0 Å². The summed E-state index contributed by atoms with van der Waals surface area (Å²) < 4.78 is 13.6. The molecule has 0 aliphatic heterocycles. The molecule has 0 saturated heterocycles. The Morgan fingerprint density at radius 2 is 1.06 bits per heavy atom. The Kier molecular flexibility index (Phi) is 8.62. The standard InChI is InChI=1S/C31H36ClF/c1-23-2-4-24(5-3-23)6-7-25-8-10-26(11-9-25)12-13-27-14-16-28(17-15-27)18-19-29-20-21-30(32)31(33)22-29/h2-5,14-17,20-22,25-26H,6-13,18-19H2,1H3/t25-,26-. The van der Waals surface area contributed by atoms with Gasteiger partial charge in [0.1, 0.15) is 5.82 Å². The second-order valence-corrected chi connectivity index (χ2v) is 10.4. The molecule has 4 rings (SSSR count). The lowest BCUT2D eigenvalue weighted by atomic mass is 9.77. The molecule has 0 heterocycles. The molecule has 0 radical (unpaired) electrons. The van der Waals surface area contributed by atoms with Gasteiger partial charge in [0.05, 0.1) is 5.02 Å². The van der Waals surface area contributed by atoms with Crippen molar-refractivity contribution >= 4 is 11.6 Å². The predicted molar refractivity (Wildman–Crippen MR) is 139 cm³/mol. The zero-order chi connectivity index (χ0) is 23.0. The largest absolute Gasteiger partial charge is 0.205 e. The lowest BCUT2D eigenvalue weighted by Gasteiger charge is -2.28. The van der Waals surface area contributed by atoms with Crippen LogP contribution in [0.1, 0.15) is 66.3 Å². The van der Waals surface area contributed by atoms with Crippen LogP contribution in [0.15, 0.2) is 66.7 Å². The Labute approximate surface area is 204 Å². The fourth-order valence-electron chi connectivity index (χ4n) is 5.16. The number of aryl methyl sites for hydroxylation is 5. The minimum absolute atomic E-state index is 0.193. The summed E-state index contributed by atoms with van der Waals surface area (Å²) in [7, 11) is 0. The van der Waals surface area contributed by atoms with Crippen LogP contribution in [0.5, 0.6) is 0 Å². The van der Waals surface area contributed by atoms with Gasteiger partial charge in [0.15, 0.2) is 0 Å². The van der Waals surface area contributed by atoms with Crippen molar-refractivity contribution in [3.63, 3.8) is 0 Å². The van der Waals surface area contributed by atoms with Crippen LogP contribution < -0.4 is 0 Å². The first kappa shape index (κ1) is 24.0. The SMILES string of the molecule is Cc1ccc(CC[C@H]2CC[C@H](CCc3ccc(CCc4ccc(Cl)c(F)c4)cc3)CC2)cc1. The van der Waals surface area contributed by atoms with Crippen molar-refractivity contribution in [3.8, 4) is 0 Å². The van der Waals surface area contributed by atoms with Crippen molar-refractivity contribution in [2.45, 2.75) is 71.1 Å². The molecule has 3 aromatic carbocycles. The quantitative estimate of drug-likeness (QED) is 0.297. The number of hydrogen-bond acceptors (Lipinski definition) is 0. The monoisotopic (exact) mass is 462 g/mol. The van der Waals surface area contributed by atoms with Crippen LogP contribution in [0.3, 0.4) is 0 Å². The van der Waals surface area contributed by atoms with Gasteiger partial charge in [0, 0.05) is 0 Å². The van der Waals surface area contributed by atoms with Crippen LogP contribution in [-0.2, 0) is 25.7 Å². The molecular formula is C31H36ClF. The number of rotatable bonds is 9. The maximum absolute atomic E-state index is 13.6. The molecule has 2 heteroatoms. The molecule has 0 N–H and O–H groups in total. The zero-order valence-corrected chi connectivity index (χ0v) is 20.6. The number of benzene rings is 3. The van der Waals surface area contributed by atoms with Crippen molar-refractivity contribution in [2.24, 2.45) is 11.8 Å². The van der Waals surface area contributed by atoms with Gasteiger partial charge < -0.3 is 0 Å². The summed E-state index contributed by atoms with van der Waals surface area (Å²) >= 11 is 5.77. The van der Waals surface area contributed by atoms with Crippen molar-refractivity contribution in [2.75, 3.05) is 0 Å². The Hall–Kier alpha value is -2.12. The Bertz CT molecular complexity index is 998. The molecule has 33 heavy (non-hydrogen) atoms. The van der Waals surface area contributed by atoms with Crippen LogP contribution in [0.25, 0.3) is 0 Å². The topological polar surface area (TPSA) is 0 Å². The van der Waals surface area contributed by atoms with Gasteiger partial charge >= 0.3 is 0 Å². The van der Waals surface area contributed by atoms with E-state index in [1.165, 1.54) is 73.6 Å². The van der Waals surface area contributed by atoms with E-state index >= 15 is 0 Å². The van der Waals surface area contributed by atoms with Gasteiger partial charge in [0.25, 0.3) is 0 Å². The van der Waals surface area contributed by atoms with E-state index in [9.17, 15) is 4.39 Å². The highest BCUT2D eigenvalue weighted by Gasteiger charge is 2.20. The number of halogens is 2. The van der Waals surface area contributed by atoms with Crippen molar-refractivity contribution in [3.05, 3.63) is 105 Å². The van der Waals surface area contributed by atoms with Gasteiger partial charge in [-0.3, -0.25) is 0 Å². The highest BCUT2D eigenvalue weighted by atomic mass is 35.5. The summed E-state index contributed by atoms with van der Waals surface area (Å²) in [6.07, 6.45) is 12.4. The first-order valence-corrected chi connectivity index (χ1v) is 13.0. The van der Waals surface area contributed by atoms with Gasteiger partial charge in [-0.05, 0) is 91.7 Å². The molecule has 0 bridgehead atoms. The third-order valence-electron chi connectivity index (χ3n) is 7.48. The molecule has 0 unspecified atom stereocenters. The molecule has 1 saturated carbocycles. The number of hydrogen-bond donors (Lipinski definition) is 0. The lowest BCUT2D eigenvalue weighted by molar-refractivity contribution is 0.253. The molecule has 0 nitrogen and oxygen atoms in total. The van der Waals surface area contributed by atoms with E-state index in [0.717, 1.165) is 30.2 Å². The molecular weight excluding hydrogens is 427 g/mol. The van der Waals surface area contributed by atoms with Gasteiger partial charge in [0.2, 0.25) is 0 Å². The average Bonchev–Trinajstić information content (AvgIpc) is 2.84. The van der Waals surface area contributed by atoms with E-state index < -0.39 is 0 Å². The molecule has 0 spiro atoms. The molecule has 0 amide bonds. The molecule has 1 aliphatic carbocycles. The smallest absolute Gasteiger partial charge is 0.142 e. The maximum atomic E-state index is 13.6. The molecule has 1 aliphatic rings. The maximum Gasteiger partial charge on any atom is 0.142 e. The van der Waals surface area contributed by atoms with E-state index in [1.54, 1.807) is 12.1 Å². The van der Waals surface area contributed by atoms with Crippen LogP contribution in [0, 0.1) is 24.6 Å². The summed E-state index contributed by atoms with van der Waals surface area (Å²) in [5.41, 5.74) is 6.59. The Morgan fingerprint density at radius 3 is 1.58 bits per heavy atom.